The Labute approximate surface area is 115 Å². The molecule has 0 bridgehead atoms. The molecule has 1 atom stereocenters. The van der Waals surface area contributed by atoms with Crippen molar-refractivity contribution in [2.45, 2.75) is 37.6 Å². The van der Waals surface area contributed by atoms with Crippen LogP contribution in [0.3, 0.4) is 0 Å². The molecule has 98 valence electrons. The Balaban J connectivity index is 1.99. The van der Waals surface area contributed by atoms with E-state index in [1.165, 1.54) is 36.0 Å². The monoisotopic (exact) mass is 251 g/mol. The van der Waals surface area contributed by atoms with Crippen LogP contribution in [-0.2, 0) is 5.41 Å². The zero-order valence-corrected chi connectivity index (χ0v) is 11.5. The van der Waals surface area contributed by atoms with Crippen molar-refractivity contribution in [1.29, 1.82) is 0 Å². The summed E-state index contributed by atoms with van der Waals surface area (Å²) in [4.78, 5) is 0. The van der Waals surface area contributed by atoms with E-state index in [9.17, 15) is 0 Å². The molecule has 1 aliphatic carbocycles. The number of benzene rings is 2. The van der Waals surface area contributed by atoms with Gasteiger partial charge in [0.2, 0.25) is 0 Å². The molecular formula is C18H21N. The number of hydrogen-bond donors (Lipinski definition) is 1. The number of nitrogens with two attached hydrogens (primary N) is 1. The minimum atomic E-state index is 0.101. The molecule has 1 unspecified atom stereocenters. The summed E-state index contributed by atoms with van der Waals surface area (Å²) in [6.07, 6.45) is 3.69. The average molecular weight is 251 g/mol. The topological polar surface area (TPSA) is 26.0 Å². The number of rotatable bonds is 3. The second-order valence-corrected chi connectivity index (χ2v) is 5.77. The quantitative estimate of drug-likeness (QED) is 0.872. The van der Waals surface area contributed by atoms with Crippen LogP contribution in [0.25, 0.3) is 0 Å². The van der Waals surface area contributed by atoms with Crippen molar-refractivity contribution in [2.75, 3.05) is 0 Å². The van der Waals surface area contributed by atoms with Crippen LogP contribution in [0.4, 0.5) is 0 Å². The predicted octanol–water partition coefficient (Wildman–Crippen LogP) is 4.12. The van der Waals surface area contributed by atoms with E-state index >= 15 is 0 Å². The molecule has 1 heteroatoms. The summed E-state index contributed by atoms with van der Waals surface area (Å²) in [7, 11) is 0. The van der Waals surface area contributed by atoms with Gasteiger partial charge in [-0.15, -0.1) is 0 Å². The van der Waals surface area contributed by atoms with Gasteiger partial charge in [0.05, 0.1) is 0 Å². The van der Waals surface area contributed by atoms with Gasteiger partial charge in [-0.1, -0.05) is 66.6 Å². The Morgan fingerprint density at radius 3 is 2.32 bits per heavy atom. The molecule has 3 rings (SSSR count). The van der Waals surface area contributed by atoms with Crippen LogP contribution in [-0.4, -0.2) is 0 Å². The molecule has 1 nitrogen and oxygen atoms in total. The maximum atomic E-state index is 6.64. The molecule has 0 spiro atoms. The van der Waals surface area contributed by atoms with Gasteiger partial charge < -0.3 is 5.73 Å². The van der Waals surface area contributed by atoms with Gasteiger partial charge in [0.25, 0.3) is 0 Å². The maximum Gasteiger partial charge on any atom is 0.0393 e. The first-order valence-electron chi connectivity index (χ1n) is 7.10. The van der Waals surface area contributed by atoms with Crippen LogP contribution < -0.4 is 5.73 Å². The minimum Gasteiger partial charge on any atom is -0.323 e. The van der Waals surface area contributed by atoms with Gasteiger partial charge in [-0.3, -0.25) is 0 Å². The predicted molar refractivity (Wildman–Crippen MR) is 80.1 cm³/mol. The van der Waals surface area contributed by atoms with Gasteiger partial charge >= 0.3 is 0 Å². The van der Waals surface area contributed by atoms with E-state index in [-0.39, 0.29) is 11.5 Å². The van der Waals surface area contributed by atoms with E-state index in [1.807, 2.05) is 0 Å². The Bertz CT molecular complexity index is 555. The fourth-order valence-electron chi connectivity index (χ4n) is 3.29. The van der Waals surface area contributed by atoms with Crippen molar-refractivity contribution in [2.24, 2.45) is 5.73 Å². The summed E-state index contributed by atoms with van der Waals surface area (Å²) in [5.41, 5.74) is 10.7. The molecule has 2 aromatic rings. The van der Waals surface area contributed by atoms with Crippen molar-refractivity contribution in [3.63, 3.8) is 0 Å². The normalized spacial score (nSPS) is 18.6. The maximum absolute atomic E-state index is 6.64. The SMILES string of the molecule is Cc1cccc(C(N)C2(c3ccccc3)CCC2)c1. The molecule has 0 amide bonds. The lowest BCUT2D eigenvalue weighted by Crippen LogP contribution is -2.44. The van der Waals surface area contributed by atoms with Gasteiger partial charge in [0, 0.05) is 11.5 Å². The third-order valence-corrected chi connectivity index (χ3v) is 4.59. The molecular weight excluding hydrogens is 230 g/mol. The zero-order chi connectivity index (χ0) is 13.3. The van der Waals surface area contributed by atoms with Crippen molar-refractivity contribution in [3.8, 4) is 0 Å². The fourth-order valence-corrected chi connectivity index (χ4v) is 3.29. The Kier molecular flexibility index (Phi) is 3.16. The second-order valence-electron chi connectivity index (χ2n) is 5.77. The van der Waals surface area contributed by atoms with E-state index in [0.717, 1.165) is 0 Å². The van der Waals surface area contributed by atoms with Crippen LogP contribution in [0.2, 0.25) is 0 Å². The molecule has 1 fully saturated rings. The highest BCUT2D eigenvalue weighted by Crippen LogP contribution is 2.51. The lowest BCUT2D eigenvalue weighted by molar-refractivity contribution is 0.196. The Morgan fingerprint density at radius 2 is 1.74 bits per heavy atom. The molecule has 1 saturated carbocycles. The molecule has 1 aliphatic rings. The molecule has 19 heavy (non-hydrogen) atoms. The molecule has 0 saturated heterocycles. The summed E-state index contributed by atoms with van der Waals surface area (Å²) in [6, 6.07) is 19.5. The van der Waals surface area contributed by atoms with Gasteiger partial charge in [0.15, 0.2) is 0 Å². The van der Waals surface area contributed by atoms with Crippen LogP contribution in [0, 0.1) is 6.92 Å². The largest absolute Gasteiger partial charge is 0.323 e. The Hall–Kier alpha value is -1.60. The molecule has 2 aromatic carbocycles. The highest BCUT2D eigenvalue weighted by atomic mass is 14.7. The lowest BCUT2D eigenvalue weighted by Gasteiger charge is -2.47. The minimum absolute atomic E-state index is 0.101. The summed E-state index contributed by atoms with van der Waals surface area (Å²) < 4.78 is 0. The van der Waals surface area contributed by atoms with Gasteiger partial charge in [0.1, 0.15) is 0 Å². The molecule has 0 heterocycles. The second kappa shape index (κ2) is 4.82. The van der Waals surface area contributed by atoms with Gasteiger partial charge in [-0.05, 0) is 30.9 Å². The first kappa shape index (κ1) is 12.4. The van der Waals surface area contributed by atoms with Crippen LogP contribution in [0.1, 0.15) is 42.0 Å². The van der Waals surface area contributed by atoms with E-state index in [0.29, 0.717) is 0 Å². The molecule has 2 N–H and O–H groups in total. The summed E-state index contributed by atoms with van der Waals surface area (Å²) >= 11 is 0. The van der Waals surface area contributed by atoms with Gasteiger partial charge in [-0.2, -0.15) is 0 Å². The lowest BCUT2D eigenvalue weighted by atomic mass is 9.59. The van der Waals surface area contributed by atoms with Crippen molar-refractivity contribution in [1.82, 2.24) is 0 Å². The number of aryl methyl sites for hydroxylation is 1. The summed E-state index contributed by atoms with van der Waals surface area (Å²) in [6.45, 7) is 2.13. The highest BCUT2D eigenvalue weighted by molar-refractivity contribution is 5.36. The van der Waals surface area contributed by atoms with Crippen molar-refractivity contribution in [3.05, 3.63) is 71.3 Å². The smallest absolute Gasteiger partial charge is 0.0393 e. The third kappa shape index (κ3) is 2.08. The molecule has 0 aromatic heterocycles. The first-order chi connectivity index (χ1) is 9.22. The van der Waals surface area contributed by atoms with Crippen LogP contribution in [0.15, 0.2) is 54.6 Å². The van der Waals surface area contributed by atoms with Gasteiger partial charge in [-0.25, -0.2) is 0 Å². The average Bonchev–Trinajstić information content (AvgIpc) is 2.38. The third-order valence-electron chi connectivity index (χ3n) is 4.59. The standard InChI is InChI=1S/C18H21N/c1-14-7-5-8-15(13-14)17(19)18(11-6-12-18)16-9-3-2-4-10-16/h2-5,7-10,13,17H,6,11-12,19H2,1H3. The van der Waals surface area contributed by atoms with Crippen molar-refractivity contribution >= 4 is 0 Å². The fraction of sp³-hybridized carbons (Fsp3) is 0.333. The van der Waals surface area contributed by atoms with E-state index in [2.05, 4.69) is 61.5 Å². The highest BCUT2D eigenvalue weighted by Gasteiger charge is 2.44. The summed E-state index contributed by atoms with van der Waals surface area (Å²) in [5, 5.41) is 0. The van der Waals surface area contributed by atoms with Crippen molar-refractivity contribution < 1.29 is 0 Å². The van der Waals surface area contributed by atoms with Crippen LogP contribution in [0.5, 0.6) is 0 Å². The van der Waals surface area contributed by atoms with Crippen LogP contribution >= 0.6 is 0 Å². The summed E-state index contributed by atoms with van der Waals surface area (Å²) in [5.74, 6) is 0. The van der Waals surface area contributed by atoms with E-state index < -0.39 is 0 Å². The zero-order valence-electron chi connectivity index (χ0n) is 11.5. The van der Waals surface area contributed by atoms with E-state index in [1.54, 1.807) is 0 Å². The number of hydrogen-bond acceptors (Lipinski definition) is 1. The molecule has 0 radical (unpaired) electrons. The first-order valence-corrected chi connectivity index (χ1v) is 7.10. The van der Waals surface area contributed by atoms with E-state index in [4.69, 9.17) is 5.73 Å². The Morgan fingerprint density at radius 1 is 1.00 bits per heavy atom. The molecule has 0 aliphatic heterocycles.